The number of hydrogen-bond donors (Lipinski definition) is 2. The summed E-state index contributed by atoms with van der Waals surface area (Å²) in [6.07, 6.45) is 5.50. The van der Waals surface area contributed by atoms with Crippen molar-refractivity contribution in [3.63, 3.8) is 0 Å². The van der Waals surface area contributed by atoms with Crippen molar-refractivity contribution >= 4 is 59.4 Å². The molecule has 1 aromatic heterocycles. The summed E-state index contributed by atoms with van der Waals surface area (Å²) in [5.41, 5.74) is 1.31. The first-order valence-electron chi connectivity index (χ1n) is 19.3. The Hall–Kier alpha value is -2.80. The van der Waals surface area contributed by atoms with Gasteiger partial charge in [0.15, 0.2) is 23.5 Å². The van der Waals surface area contributed by atoms with Gasteiger partial charge in [-0.3, -0.25) is 19.0 Å². The Morgan fingerprint density at radius 1 is 1.20 bits per heavy atom. The van der Waals surface area contributed by atoms with Crippen molar-refractivity contribution in [1.82, 2.24) is 24.9 Å². The summed E-state index contributed by atoms with van der Waals surface area (Å²) in [7, 11) is 3.31. The first-order valence-corrected chi connectivity index (χ1v) is 21.9. The van der Waals surface area contributed by atoms with Crippen LogP contribution in [0.25, 0.3) is 0 Å². The van der Waals surface area contributed by atoms with Gasteiger partial charge < -0.3 is 29.2 Å². The second-order valence-electron chi connectivity index (χ2n) is 14.9. The molecule has 3 heterocycles. The lowest BCUT2D eigenvalue weighted by Gasteiger charge is -2.38. The molecule has 55 heavy (non-hydrogen) atoms. The predicted octanol–water partition coefficient (Wildman–Crippen LogP) is 7.24. The molecule has 2 aromatic rings. The Morgan fingerprint density at radius 3 is 2.58 bits per heavy atom. The van der Waals surface area contributed by atoms with E-state index >= 15 is 0 Å². The minimum atomic E-state index is -1.67. The highest BCUT2D eigenvalue weighted by atomic mass is 33.1. The van der Waals surface area contributed by atoms with Crippen LogP contribution in [0.15, 0.2) is 40.5 Å². The minimum absolute atomic E-state index is 0.0472. The maximum atomic E-state index is 13.1. The van der Waals surface area contributed by atoms with Gasteiger partial charge in [0.05, 0.1) is 32.0 Å². The number of amides is 2. The van der Waals surface area contributed by atoms with Crippen LogP contribution >= 0.6 is 30.1 Å². The van der Waals surface area contributed by atoms with Gasteiger partial charge in [0.2, 0.25) is 11.8 Å². The van der Waals surface area contributed by atoms with Gasteiger partial charge in [0.25, 0.3) is 8.53 Å². The highest BCUT2D eigenvalue weighted by Gasteiger charge is 2.48. The molecular weight excluding hydrogens is 760 g/mol. The summed E-state index contributed by atoms with van der Waals surface area (Å²) in [5, 5.41) is 5.49. The summed E-state index contributed by atoms with van der Waals surface area (Å²) < 4.78 is 38.1. The number of terminal acetylenes is 1. The van der Waals surface area contributed by atoms with Gasteiger partial charge in [0.1, 0.15) is 18.0 Å². The Morgan fingerprint density at radius 2 is 1.93 bits per heavy atom. The number of nitrogens with zero attached hydrogens (tertiary/aromatic N) is 4. The second kappa shape index (κ2) is 20.6. The van der Waals surface area contributed by atoms with Crippen molar-refractivity contribution in [2.75, 3.05) is 20.3 Å². The standard InChI is InChI=1S/C39H57N6O7PS2/c1-12-20-40-32(47)17-19-39(9,10)55-54-30-16-14-13-15-28(30)18-21-50-53(45(25(4)5)26(6)7)52-34-27(8)51-38(35(34)49-11)44-23-41-33-29(46)22-31(42-36(33)44)43-37(48)24(2)3/h1,13-16,23-27,34-35,38H,17-22H2,2-11H3,(H,40,47)(H,42,43,48)/i8D. The molecule has 0 aliphatic carbocycles. The largest absolute Gasteiger partial charge is 0.374 e. The second-order valence-corrected chi connectivity index (χ2v) is 19.2. The molecule has 0 radical (unpaired) electrons. The molecule has 1 aromatic carbocycles. The molecule has 0 saturated carbocycles. The van der Waals surface area contributed by atoms with Crippen LogP contribution in [0.4, 0.5) is 5.82 Å². The van der Waals surface area contributed by atoms with Gasteiger partial charge in [-0.15, -0.1) is 6.42 Å². The van der Waals surface area contributed by atoms with Crippen molar-refractivity contribution in [1.29, 1.82) is 0 Å². The number of ketones is 1. The number of carbonyl (C=O) groups is 3. The number of aromatic nitrogens is 2. The smallest absolute Gasteiger partial charge is 0.259 e. The lowest BCUT2D eigenvalue weighted by Crippen LogP contribution is -2.39. The number of Topliss-reactive ketones (excluding diaryl/α,β-unsaturated/α-hetero) is 1. The highest BCUT2D eigenvalue weighted by molar-refractivity contribution is 8.77. The predicted molar refractivity (Wildman–Crippen MR) is 220 cm³/mol. The fraction of sp³-hybridized carbons (Fsp3) is 0.615. The third kappa shape index (κ3) is 12.1. The fourth-order valence-corrected chi connectivity index (χ4v) is 10.4. The summed E-state index contributed by atoms with van der Waals surface area (Å²) in [6.45, 7) is 16.7. The third-order valence-corrected chi connectivity index (χ3v) is 14.5. The molecule has 13 nitrogen and oxygen atoms in total. The SMILES string of the molecule is [2H]CC1OC(n2cnc3c2N=C(NC(=O)C(C)C)CC3=O)C(OC)C1OP(OCCc1ccccc1SSC(C)(C)CCC(=O)NCC#C)N(C(C)C)C(C)C. The Kier molecular flexibility index (Phi) is 16.2. The lowest BCUT2D eigenvalue weighted by atomic mass is 10.1. The summed E-state index contributed by atoms with van der Waals surface area (Å²) >= 11 is 0. The molecule has 2 N–H and O–H groups in total. The molecule has 1 saturated heterocycles. The van der Waals surface area contributed by atoms with Crippen LogP contribution in [0.5, 0.6) is 0 Å². The van der Waals surface area contributed by atoms with Crippen LogP contribution in [0, 0.1) is 18.3 Å². The van der Waals surface area contributed by atoms with Crippen LogP contribution < -0.4 is 10.6 Å². The molecule has 2 amide bonds. The van der Waals surface area contributed by atoms with E-state index in [0.717, 1.165) is 10.5 Å². The Balaban J connectivity index is 1.51. The number of fused-ring (bicyclic) bond motifs is 1. The number of carbonyl (C=O) groups excluding carboxylic acids is 3. The molecule has 1 fully saturated rings. The van der Waals surface area contributed by atoms with E-state index in [1.807, 2.05) is 12.1 Å². The van der Waals surface area contributed by atoms with E-state index in [0.29, 0.717) is 25.9 Å². The average molecular weight is 818 g/mol. The summed E-state index contributed by atoms with van der Waals surface area (Å²) in [6, 6.07) is 8.39. The van der Waals surface area contributed by atoms with Crippen molar-refractivity contribution in [2.24, 2.45) is 10.9 Å². The molecule has 2 aliphatic heterocycles. The number of benzene rings is 1. The number of nitrogens with one attached hydrogen (secondary N) is 2. The maximum absolute atomic E-state index is 13.1. The van der Waals surface area contributed by atoms with Crippen LogP contribution in [-0.2, 0) is 34.5 Å². The molecule has 2 aliphatic rings. The molecule has 302 valence electrons. The molecule has 16 heteroatoms. The van der Waals surface area contributed by atoms with Crippen molar-refractivity contribution < 1.29 is 34.3 Å². The van der Waals surface area contributed by atoms with Crippen molar-refractivity contribution in [2.45, 2.75) is 134 Å². The molecule has 0 spiro atoms. The number of hydrogen-bond acceptors (Lipinski definition) is 12. The monoisotopic (exact) mass is 817 g/mol. The van der Waals surface area contributed by atoms with E-state index in [1.54, 1.807) is 47.1 Å². The van der Waals surface area contributed by atoms with E-state index in [2.05, 4.69) is 84.9 Å². The van der Waals surface area contributed by atoms with E-state index < -0.39 is 33.1 Å². The number of imidazole rings is 1. The van der Waals surface area contributed by atoms with E-state index in [4.69, 9.17) is 26.3 Å². The Bertz CT molecular complexity index is 1730. The summed E-state index contributed by atoms with van der Waals surface area (Å²) in [4.78, 5) is 47.8. The molecule has 4 rings (SSSR count). The third-order valence-electron chi connectivity index (χ3n) is 8.93. The zero-order chi connectivity index (χ0) is 41.2. The molecule has 5 unspecified atom stereocenters. The number of ether oxygens (including phenoxy) is 2. The zero-order valence-electron chi connectivity index (χ0n) is 34.4. The molecule has 0 bridgehead atoms. The minimum Gasteiger partial charge on any atom is -0.374 e. The van der Waals surface area contributed by atoms with E-state index in [9.17, 15) is 14.4 Å². The van der Waals surface area contributed by atoms with Crippen molar-refractivity contribution in [3.8, 4) is 12.3 Å². The average Bonchev–Trinajstić information content (AvgIpc) is 3.73. The first kappa shape index (κ1) is 43.3. The van der Waals surface area contributed by atoms with Gasteiger partial charge >= 0.3 is 0 Å². The van der Waals surface area contributed by atoms with Crippen LogP contribution in [-0.4, -0.2) is 93.1 Å². The number of amidine groups is 1. The van der Waals surface area contributed by atoms with Gasteiger partial charge in [-0.2, -0.15) is 0 Å². The maximum Gasteiger partial charge on any atom is 0.259 e. The lowest BCUT2D eigenvalue weighted by molar-refractivity contribution is -0.122. The van der Waals surface area contributed by atoms with E-state index in [-0.39, 0.29) is 77.6 Å². The van der Waals surface area contributed by atoms with Gasteiger partial charge in [-0.05, 0) is 72.9 Å². The fourth-order valence-electron chi connectivity index (χ4n) is 6.03. The first-order chi connectivity index (χ1) is 26.6. The van der Waals surface area contributed by atoms with Gasteiger partial charge in [0, 0.05) is 42.5 Å². The topological polar surface area (TPSA) is 146 Å². The van der Waals surface area contributed by atoms with Crippen LogP contribution in [0.2, 0.25) is 0 Å². The van der Waals surface area contributed by atoms with Crippen LogP contribution in [0.3, 0.4) is 0 Å². The number of methoxy groups -OCH3 is 1. The zero-order valence-corrected chi connectivity index (χ0v) is 35.9. The Labute approximate surface area is 337 Å². The number of aliphatic imine (C=N–C) groups is 1. The van der Waals surface area contributed by atoms with Gasteiger partial charge in [-0.25, -0.2) is 14.6 Å². The van der Waals surface area contributed by atoms with E-state index in [1.165, 1.54) is 6.33 Å². The summed E-state index contributed by atoms with van der Waals surface area (Å²) in [5.74, 6) is 2.08. The highest BCUT2D eigenvalue weighted by Crippen LogP contribution is 2.51. The molecule has 5 atom stereocenters. The van der Waals surface area contributed by atoms with Gasteiger partial charge in [-0.1, -0.05) is 59.6 Å². The van der Waals surface area contributed by atoms with Crippen molar-refractivity contribution in [3.05, 3.63) is 41.9 Å². The normalized spacial score (nSPS) is 20.8. The van der Waals surface area contributed by atoms with Crippen LogP contribution in [0.1, 0.15) is 105 Å². The quantitative estimate of drug-likeness (QED) is 0.0841. The number of rotatable bonds is 19. The molecular formula is C39H57N6O7PS2.